The Bertz CT molecular complexity index is 627. The number of fused-ring (bicyclic) bond motifs is 1. The molecule has 100 valence electrons. The van der Waals surface area contributed by atoms with Crippen LogP contribution in [0.5, 0.6) is 0 Å². The number of esters is 1. The van der Waals surface area contributed by atoms with Gasteiger partial charge in [-0.2, -0.15) is 0 Å². The van der Waals surface area contributed by atoms with Gasteiger partial charge in [-0.25, -0.2) is 9.59 Å². The maximum atomic E-state index is 11.9. The van der Waals surface area contributed by atoms with Crippen LogP contribution in [0.15, 0.2) is 39.7 Å². The van der Waals surface area contributed by atoms with Crippen molar-refractivity contribution < 1.29 is 13.9 Å². The van der Waals surface area contributed by atoms with Gasteiger partial charge in [0, 0.05) is 5.39 Å². The maximum absolute atomic E-state index is 11.9. The van der Waals surface area contributed by atoms with Gasteiger partial charge in [-0.1, -0.05) is 38.0 Å². The average Bonchev–Trinajstić information content (AvgIpc) is 2.44. The number of benzene rings is 1. The molecule has 0 radical (unpaired) electrons. The highest BCUT2D eigenvalue weighted by Gasteiger charge is 2.14. The van der Waals surface area contributed by atoms with E-state index in [2.05, 4.69) is 6.92 Å². The predicted octanol–water partition coefficient (Wildman–Crippen LogP) is 3.14. The molecule has 0 aliphatic rings. The van der Waals surface area contributed by atoms with Crippen LogP contribution in [0.25, 0.3) is 10.8 Å². The molecule has 0 fully saturated rings. The number of unbranched alkanes of at least 4 members (excludes halogenated alkanes) is 2. The summed E-state index contributed by atoms with van der Waals surface area (Å²) in [4.78, 5) is 23.5. The van der Waals surface area contributed by atoms with Gasteiger partial charge in [-0.3, -0.25) is 0 Å². The lowest BCUT2D eigenvalue weighted by molar-refractivity contribution is 0.0497. The van der Waals surface area contributed by atoms with E-state index in [9.17, 15) is 9.59 Å². The third kappa shape index (κ3) is 3.02. The average molecular weight is 260 g/mol. The fourth-order valence-electron chi connectivity index (χ4n) is 1.89. The lowest BCUT2D eigenvalue weighted by Gasteiger charge is -2.06. The highest BCUT2D eigenvalue weighted by Crippen LogP contribution is 2.16. The molecular weight excluding hydrogens is 244 g/mol. The fourth-order valence-corrected chi connectivity index (χ4v) is 1.89. The smallest absolute Gasteiger partial charge is 0.343 e. The van der Waals surface area contributed by atoms with Gasteiger partial charge in [0.25, 0.3) is 0 Å². The minimum absolute atomic E-state index is 0.298. The SMILES string of the molecule is CCCCCOC(=O)c1coc(=O)c2ccccc12. The van der Waals surface area contributed by atoms with Crippen molar-refractivity contribution in [1.82, 2.24) is 0 Å². The Hall–Kier alpha value is -2.10. The summed E-state index contributed by atoms with van der Waals surface area (Å²) >= 11 is 0. The highest BCUT2D eigenvalue weighted by atomic mass is 16.5. The summed E-state index contributed by atoms with van der Waals surface area (Å²) in [5.41, 5.74) is -0.148. The molecule has 0 unspecified atom stereocenters. The van der Waals surface area contributed by atoms with Crippen LogP contribution < -0.4 is 5.63 Å². The standard InChI is InChI=1S/C15H16O4/c1-2-3-6-9-18-15(17)13-10-19-14(16)12-8-5-4-7-11(12)13/h4-5,7-8,10H,2-3,6,9H2,1H3. The number of carbonyl (C=O) groups excluding carboxylic acids is 1. The van der Waals surface area contributed by atoms with E-state index in [-0.39, 0.29) is 0 Å². The second-order valence-electron chi connectivity index (χ2n) is 4.33. The van der Waals surface area contributed by atoms with Crippen LogP contribution in [0.4, 0.5) is 0 Å². The van der Waals surface area contributed by atoms with E-state index >= 15 is 0 Å². The molecule has 0 aliphatic carbocycles. The summed E-state index contributed by atoms with van der Waals surface area (Å²) in [6.45, 7) is 2.47. The molecule has 19 heavy (non-hydrogen) atoms. The molecule has 0 atom stereocenters. The van der Waals surface area contributed by atoms with E-state index in [1.807, 2.05) is 0 Å². The molecule has 1 aromatic heterocycles. The molecule has 0 bridgehead atoms. The Balaban J connectivity index is 2.23. The van der Waals surface area contributed by atoms with E-state index in [4.69, 9.17) is 9.15 Å². The first-order valence-corrected chi connectivity index (χ1v) is 6.41. The Kier molecular flexibility index (Phi) is 4.34. The lowest BCUT2D eigenvalue weighted by atomic mass is 10.1. The summed E-state index contributed by atoms with van der Waals surface area (Å²) in [6.07, 6.45) is 4.11. The summed E-state index contributed by atoms with van der Waals surface area (Å²) in [6, 6.07) is 6.86. The van der Waals surface area contributed by atoms with Crippen molar-refractivity contribution in [2.45, 2.75) is 26.2 Å². The van der Waals surface area contributed by atoms with Crippen molar-refractivity contribution in [1.29, 1.82) is 0 Å². The molecule has 2 rings (SSSR count). The van der Waals surface area contributed by atoms with E-state index in [0.29, 0.717) is 22.9 Å². The van der Waals surface area contributed by atoms with Crippen molar-refractivity contribution >= 4 is 16.7 Å². The van der Waals surface area contributed by atoms with Crippen LogP contribution in [0, 0.1) is 0 Å². The number of hydrogen-bond acceptors (Lipinski definition) is 4. The first-order chi connectivity index (χ1) is 9.24. The fraction of sp³-hybridized carbons (Fsp3) is 0.333. The van der Waals surface area contributed by atoms with Crippen LogP contribution in [0.1, 0.15) is 36.5 Å². The van der Waals surface area contributed by atoms with Gasteiger partial charge in [0.2, 0.25) is 0 Å². The zero-order valence-corrected chi connectivity index (χ0v) is 10.8. The number of ether oxygens (including phenoxy) is 1. The van der Waals surface area contributed by atoms with Crippen LogP contribution in [-0.4, -0.2) is 12.6 Å². The van der Waals surface area contributed by atoms with Gasteiger partial charge in [-0.05, 0) is 12.5 Å². The second kappa shape index (κ2) is 6.18. The largest absolute Gasteiger partial charge is 0.462 e. The van der Waals surface area contributed by atoms with Crippen molar-refractivity contribution in [3.8, 4) is 0 Å². The number of carbonyl (C=O) groups is 1. The third-order valence-corrected chi connectivity index (χ3v) is 2.92. The molecule has 1 heterocycles. The minimum atomic E-state index is -0.448. The van der Waals surface area contributed by atoms with Crippen LogP contribution in [0.3, 0.4) is 0 Å². The molecule has 0 spiro atoms. The van der Waals surface area contributed by atoms with E-state index in [0.717, 1.165) is 19.3 Å². The van der Waals surface area contributed by atoms with Gasteiger partial charge in [0.05, 0.1) is 12.0 Å². The molecule has 0 amide bonds. The molecule has 2 aromatic rings. The molecular formula is C15H16O4. The Labute approximate surface area is 111 Å². The summed E-state index contributed by atoms with van der Waals surface area (Å²) < 4.78 is 10.0. The Morgan fingerprint density at radius 2 is 1.95 bits per heavy atom. The Morgan fingerprint density at radius 1 is 1.21 bits per heavy atom. The first-order valence-electron chi connectivity index (χ1n) is 6.41. The third-order valence-electron chi connectivity index (χ3n) is 2.92. The zero-order chi connectivity index (χ0) is 13.7. The first kappa shape index (κ1) is 13.3. The summed E-state index contributed by atoms with van der Waals surface area (Å²) in [5, 5.41) is 0.963. The normalized spacial score (nSPS) is 10.6. The zero-order valence-electron chi connectivity index (χ0n) is 10.8. The van der Waals surface area contributed by atoms with Crippen molar-refractivity contribution in [3.05, 3.63) is 46.5 Å². The van der Waals surface area contributed by atoms with E-state index in [1.54, 1.807) is 24.3 Å². The van der Waals surface area contributed by atoms with Crippen molar-refractivity contribution in [3.63, 3.8) is 0 Å². The van der Waals surface area contributed by atoms with Gasteiger partial charge >= 0.3 is 11.6 Å². The highest BCUT2D eigenvalue weighted by molar-refractivity contribution is 6.03. The minimum Gasteiger partial charge on any atom is -0.462 e. The van der Waals surface area contributed by atoms with Gasteiger partial charge < -0.3 is 9.15 Å². The molecule has 0 saturated carbocycles. The predicted molar refractivity (Wildman–Crippen MR) is 72.3 cm³/mol. The van der Waals surface area contributed by atoms with E-state index in [1.165, 1.54) is 6.26 Å². The summed E-state index contributed by atoms with van der Waals surface area (Å²) in [5.74, 6) is -0.448. The van der Waals surface area contributed by atoms with Crippen molar-refractivity contribution in [2.24, 2.45) is 0 Å². The van der Waals surface area contributed by atoms with Gasteiger partial charge in [0.1, 0.15) is 11.8 Å². The summed E-state index contributed by atoms with van der Waals surface area (Å²) in [7, 11) is 0. The van der Waals surface area contributed by atoms with Crippen molar-refractivity contribution in [2.75, 3.05) is 6.61 Å². The maximum Gasteiger partial charge on any atom is 0.343 e. The molecule has 0 N–H and O–H groups in total. The number of rotatable bonds is 5. The van der Waals surface area contributed by atoms with Crippen LogP contribution >= 0.6 is 0 Å². The number of hydrogen-bond donors (Lipinski definition) is 0. The topological polar surface area (TPSA) is 56.5 Å². The molecule has 1 aromatic carbocycles. The monoisotopic (exact) mass is 260 g/mol. The van der Waals surface area contributed by atoms with Gasteiger partial charge in [0.15, 0.2) is 0 Å². The quantitative estimate of drug-likeness (QED) is 0.612. The molecule has 4 nitrogen and oxygen atoms in total. The molecule has 4 heteroatoms. The van der Waals surface area contributed by atoms with Crippen LogP contribution in [0.2, 0.25) is 0 Å². The Morgan fingerprint density at radius 3 is 2.68 bits per heavy atom. The van der Waals surface area contributed by atoms with Crippen LogP contribution in [-0.2, 0) is 4.74 Å². The second-order valence-corrected chi connectivity index (χ2v) is 4.33. The lowest BCUT2D eigenvalue weighted by Crippen LogP contribution is -2.10. The molecule has 0 aliphatic heterocycles. The van der Waals surface area contributed by atoms with E-state index < -0.39 is 11.6 Å². The molecule has 0 saturated heterocycles. The van der Waals surface area contributed by atoms with Gasteiger partial charge in [-0.15, -0.1) is 0 Å².